The zero-order chi connectivity index (χ0) is 28.6. The average molecular weight is 605 g/mol. The van der Waals surface area contributed by atoms with E-state index in [2.05, 4.69) is 45.8 Å². The van der Waals surface area contributed by atoms with Crippen LogP contribution in [0.5, 0.6) is 0 Å². The van der Waals surface area contributed by atoms with E-state index in [9.17, 15) is 8.78 Å². The van der Waals surface area contributed by atoms with Crippen LogP contribution >= 0.6 is 15.9 Å². The molecule has 0 saturated carbocycles. The van der Waals surface area contributed by atoms with Crippen LogP contribution < -0.4 is 16.9 Å². The highest BCUT2D eigenvalue weighted by Gasteiger charge is 2.14. The molecule has 10 nitrogen and oxygen atoms in total. The van der Waals surface area contributed by atoms with Gasteiger partial charge in [-0.05, 0) is 51.7 Å². The molecule has 0 atom stereocenters. The first kappa shape index (κ1) is 28.4. The lowest BCUT2D eigenvalue weighted by Gasteiger charge is -2.04. The van der Waals surface area contributed by atoms with Gasteiger partial charge in [0.05, 0.1) is 30.5 Å². The van der Waals surface area contributed by atoms with Crippen molar-refractivity contribution in [2.45, 2.75) is 0 Å². The smallest absolute Gasteiger partial charge is 0.423 e. The second kappa shape index (κ2) is 12.9. The van der Waals surface area contributed by atoms with Crippen molar-refractivity contribution in [1.82, 2.24) is 29.9 Å². The third kappa shape index (κ3) is 7.25. The van der Waals surface area contributed by atoms with Crippen LogP contribution in [0, 0.1) is 11.6 Å². The number of hydrogen-bond acceptors (Lipinski definition) is 10. The quantitative estimate of drug-likeness (QED) is 0.215. The van der Waals surface area contributed by atoms with Gasteiger partial charge in [-0.15, -0.1) is 0 Å². The first-order valence-corrected chi connectivity index (χ1v) is 12.3. The van der Waals surface area contributed by atoms with Crippen molar-refractivity contribution in [3.8, 4) is 11.3 Å². The molecule has 0 bridgehead atoms. The number of aromatic nitrogens is 6. The van der Waals surface area contributed by atoms with E-state index in [1.54, 1.807) is 42.9 Å². The molecule has 0 radical (unpaired) electrons. The molecule has 2 aromatic carbocycles. The molecule has 0 saturated heterocycles. The van der Waals surface area contributed by atoms with Crippen molar-refractivity contribution < 1.29 is 18.8 Å². The molecule has 4 aromatic heterocycles. The molecule has 0 amide bonds. The van der Waals surface area contributed by atoms with Crippen molar-refractivity contribution in [3.63, 3.8) is 0 Å². The fourth-order valence-electron chi connectivity index (χ4n) is 3.49. The van der Waals surface area contributed by atoms with Gasteiger partial charge in [0.1, 0.15) is 38.9 Å². The number of nitrogen functional groups attached to an aromatic ring is 2. The maximum Gasteiger partial charge on any atom is 0.488 e. The Morgan fingerprint density at radius 2 is 1.30 bits per heavy atom. The Labute approximate surface area is 235 Å². The van der Waals surface area contributed by atoms with Crippen molar-refractivity contribution in [2.24, 2.45) is 0 Å². The summed E-state index contributed by atoms with van der Waals surface area (Å²) in [5.74, 6) is -0.197. The third-order valence-corrected chi connectivity index (χ3v) is 5.59. The molecule has 0 spiro atoms. The SMILES string of the molecule is Nc1cncc(-c2cc(F)c3ncccc3c2)n1.Nc1cncc(Br)n1.OB(O)c1cc(F)c2ncccc2c1. The Morgan fingerprint density at radius 1 is 0.725 bits per heavy atom. The third-order valence-electron chi connectivity index (χ3n) is 5.21. The summed E-state index contributed by atoms with van der Waals surface area (Å²) < 4.78 is 27.9. The second-order valence-electron chi connectivity index (χ2n) is 8.08. The number of nitrogens with zero attached hydrogens (tertiary/aromatic N) is 6. The first-order chi connectivity index (χ1) is 19.2. The number of benzene rings is 2. The topological polar surface area (TPSA) is 170 Å². The summed E-state index contributed by atoms with van der Waals surface area (Å²) in [5.41, 5.74) is 12.7. The molecule has 14 heteroatoms. The minimum absolute atomic E-state index is 0.128. The zero-order valence-corrected chi connectivity index (χ0v) is 22.1. The number of anilines is 2. The van der Waals surface area contributed by atoms with E-state index in [4.69, 9.17) is 21.5 Å². The summed E-state index contributed by atoms with van der Waals surface area (Å²) in [5, 5.41) is 19.0. The van der Waals surface area contributed by atoms with E-state index in [0.29, 0.717) is 38.4 Å². The maximum absolute atomic E-state index is 13.9. The van der Waals surface area contributed by atoms with Gasteiger partial charge in [0, 0.05) is 28.7 Å². The lowest BCUT2D eigenvalue weighted by atomic mass is 9.79. The fraction of sp³-hybridized carbons (Fsp3) is 0. The van der Waals surface area contributed by atoms with Crippen LogP contribution in [0.3, 0.4) is 0 Å². The Bertz CT molecular complexity index is 1760. The summed E-state index contributed by atoms with van der Waals surface area (Å²) in [7, 11) is -1.66. The van der Waals surface area contributed by atoms with E-state index in [0.717, 1.165) is 11.5 Å². The van der Waals surface area contributed by atoms with Crippen LogP contribution in [0.25, 0.3) is 33.1 Å². The molecular weight excluding hydrogens is 585 g/mol. The van der Waals surface area contributed by atoms with Gasteiger partial charge < -0.3 is 21.5 Å². The van der Waals surface area contributed by atoms with Gasteiger partial charge in [-0.3, -0.25) is 19.9 Å². The van der Waals surface area contributed by atoms with Gasteiger partial charge in [0.15, 0.2) is 0 Å². The second-order valence-corrected chi connectivity index (χ2v) is 8.89. The highest BCUT2D eigenvalue weighted by molar-refractivity contribution is 9.10. The molecule has 0 aliphatic rings. The van der Waals surface area contributed by atoms with E-state index in [-0.39, 0.29) is 16.8 Å². The molecule has 0 fully saturated rings. The van der Waals surface area contributed by atoms with Crippen molar-refractivity contribution in [1.29, 1.82) is 0 Å². The minimum Gasteiger partial charge on any atom is -0.423 e. The summed E-state index contributed by atoms with van der Waals surface area (Å²) >= 11 is 3.11. The van der Waals surface area contributed by atoms with E-state index >= 15 is 0 Å². The van der Waals surface area contributed by atoms with Crippen LogP contribution in [0.4, 0.5) is 20.4 Å². The molecular formula is C26H20BBrF2N8O2. The molecule has 200 valence electrons. The number of halogens is 3. The number of nitrogens with two attached hydrogens (primary N) is 2. The number of hydrogen-bond donors (Lipinski definition) is 4. The molecule has 40 heavy (non-hydrogen) atoms. The van der Waals surface area contributed by atoms with Gasteiger partial charge in [-0.2, -0.15) is 0 Å². The van der Waals surface area contributed by atoms with E-state index in [1.807, 2.05) is 6.07 Å². The normalized spacial score (nSPS) is 10.3. The fourth-order valence-corrected chi connectivity index (χ4v) is 3.81. The monoisotopic (exact) mass is 604 g/mol. The van der Waals surface area contributed by atoms with Gasteiger partial charge in [0.25, 0.3) is 0 Å². The van der Waals surface area contributed by atoms with Gasteiger partial charge in [0.2, 0.25) is 0 Å². The Hall–Kier alpha value is -4.66. The standard InChI is InChI=1S/C13H9FN4.C9H7BFNO2.C4H4BrN3/c14-10-5-9(11-6-16-7-12(15)18-11)4-8-2-1-3-17-13(8)10;11-8-5-7(10(13)14)4-6-2-1-3-12-9(6)8;5-3-1-7-2-4(6)8-3/h1-7H,(H2,15,18);1-5,13-14H;1-2H,(H2,6,8). The van der Waals surface area contributed by atoms with Gasteiger partial charge in [-0.1, -0.05) is 18.2 Å². The summed E-state index contributed by atoms with van der Waals surface area (Å²) in [6, 6.07) is 12.7. The molecule has 0 unspecified atom stereocenters. The lowest BCUT2D eigenvalue weighted by Crippen LogP contribution is -2.30. The molecule has 6 rings (SSSR count). The number of pyridine rings is 2. The largest absolute Gasteiger partial charge is 0.488 e. The summed E-state index contributed by atoms with van der Waals surface area (Å²) in [6.45, 7) is 0. The Morgan fingerprint density at radius 3 is 1.85 bits per heavy atom. The van der Waals surface area contributed by atoms with Crippen molar-refractivity contribution in [2.75, 3.05) is 11.5 Å². The van der Waals surface area contributed by atoms with Gasteiger partial charge in [-0.25, -0.2) is 18.7 Å². The number of fused-ring (bicyclic) bond motifs is 2. The Balaban J connectivity index is 0.000000149. The Kier molecular flexibility index (Phi) is 9.17. The maximum atomic E-state index is 13.9. The van der Waals surface area contributed by atoms with Crippen LogP contribution in [0.1, 0.15) is 0 Å². The molecule has 0 aliphatic carbocycles. The highest BCUT2D eigenvalue weighted by atomic mass is 79.9. The number of rotatable bonds is 2. The average Bonchev–Trinajstić information content (AvgIpc) is 2.94. The zero-order valence-electron chi connectivity index (χ0n) is 20.5. The minimum atomic E-state index is -1.66. The molecule has 4 heterocycles. The summed E-state index contributed by atoms with van der Waals surface area (Å²) in [4.78, 5) is 23.5. The van der Waals surface area contributed by atoms with E-state index in [1.165, 1.54) is 30.7 Å². The van der Waals surface area contributed by atoms with E-state index < -0.39 is 12.9 Å². The van der Waals surface area contributed by atoms with Crippen LogP contribution in [-0.4, -0.2) is 47.1 Å². The predicted molar refractivity (Wildman–Crippen MR) is 153 cm³/mol. The predicted octanol–water partition coefficient (Wildman–Crippen LogP) is 3.29. The van der Waals surface area contributed by atoms with Crippen molar-refractivity contribution in [3.05, 3.63) is 102 Å². The van der Waals surface area contributed by atoms with Crippen LogP contribution in [0.2, 0.25) is 0 Å². The summed E-state index contributed by atoms with van der Waals surface area (Å²) in [6.07, 6.45) is 9.11. The van der Waals surface area contributed by atoms with Crippen molar-refractivity contribution >= 4 is 62.0 Å². The lowest BCUT2D eigenvalue weighted by molar-refractivity contribution is 0.425. The van der Waals surface area contributed by atoms with Crippen LogP contribution in [0.15, 0.2) is 90.3 Å². The van der Waals surface area contributed by atoms with Crippen LogP contribution in [-0.2, 0) is 0 Å². The molecule has 6 N–H and O–H groups in total. The van der Waals surface area contributed by atoms with Gasteiger partial charge >= 0.3 is 7.12 Å². The molecule has 0 aliphatic heterocycles. The first-order valence-electron chi connectivity index (χ1n) is 11.5. The highest BCUT2D eigenvalue weighted by Crippen LogP contribution is 2.24. The molecule has 6 aromatic rings.